The quantitative estimate of drug-likeness (QED) is 0.407. The summed E-state index contributed by atoms with van der Waals surface area (Å²) < 4.78 is 38.4. The molecule has 3 aromatic heterocycles. The van der Waals surface area contributed by atoms with Crippen LogP contribution in [0.2, 0.25) is 0 Å². The predicted molar refractivity (Wildman–Crippen MR) is 122 cm³/mol. The first-order valence-corrected chi connectivity index (χ1v) is 11.3. The van der Waals surface area contributed by atoms with Gasteiger partial charge in [-0.05, 0) is 35.7 Å². The average molecular weight is 469 g/mol. The lowest BCUT2D eigenvalue weighted by atomic mass is 10.1. The van der Waals surface area contributed by atoms with E-state index in [4.69, 9.17) is 4.98 Å². The summed E-state index contributed by atoms with van der Waals surface area (Å²) in [5.74, 6) is 0.399. The van der Waals surface area contributed by atoms with Gasteiger partial charge in [0.05, 0.1) is 27.2 Å². The van der Waals surface area contributed by atoms with Gasteiger partial charge in [0.25, 0.3) is 5.91 Å². The second-order valence-corrected chi connectivity index (χ2v) is 8.68. The predicted octanol–water partition coefficient (Wildman–Crippen LogP) is 5.34. The lowest BCUT2D eigenvalue weighted by Crippen LogP contribution is -2.49. The minimum atomic E-state index is -4.41. The Morgan fingerprint density at radius 2 is 1.76 bits per heavy atom. The fraction of sp³-hybridized carbons (Fsp3) is 0.208. The van der Waals surface area contributed by atoms with E-state index < -0.39 is 11.7 Å². The van der Waals surface area contributed by atoms with E-state index in [0.717, 1.165) is 33.7 Å². The number of pyridine rings is 2. The highest BCUT2D eigenvalue weighted by molar-refractivity contribution is 7.13. The Labute approximate surface area is 192 Å². The topological polar surface area (TPSA) is 49.3 Å². The van der Waals surface area contributed by atoms with Gasteiger partial charge in [0.1, 0.15) is 5.82 Å². The van der Waals surface area contributed by atoms with Crippen LogP contribution in [-0.4, -0.2) is 47.0 Å². The SMILES string of the molecule is O=C(c1cc(-c2cccs2)nc2ccccc12)N1CCN(c2ccc(C(F)(F)F)cn2)CC1. The molecule has 0 saturated carbocycles. The molecule has 1 saturated heterocycles. The van der Waals surface area contributed by atoms with Crippen LogP contribution < -0.4 is 4.90 Å². The lowest BCUT2D eigenvalue weighted by Gasteiger charge is -2.35. The third kappa shape index (κ3) is 4.28. The molecule has 0 spiro atoms. The van der Waals surface area contributed by atoms with Crippen molar-refractivity contribution in [3.05, 3.63) is 77.3 Å². The minimum Gasteiger partial charge on any atom is -0.353 e. The molecule has 1 aromatic carbocycles. The van der Waals surface area contributed by atoms with E-state index in [1.807, 2.05) is 52.7 Å². The third-order valence-electron chi connectivity index (χ3n) is 5.69. The van der Waals surface area contributed by atoms with Crippen molar-refractivity contribution in [2.75, 3.05) is 31.1 Å². The van der Waals surface area contributed by atoms with Gasteiger partial charge in [0.15, 0.2) is 0 Å². The zero-order chi connectivity index (χ0) is 23.0. The first-order valence-electron chi connectivity index (χ1n) is 10.4. The molecule has 0 unspecified atom stereocenters. The van der Waals surface area contributed by atoms with Crippen LogP contribution in [0.4, 0.5) is 19.0 Å². The summed E-state index contributed by atoms with van der Waals surface area (Å²) in [5, 5.41) is 2.78. The van der Waals surface area contributed by atoms with Gasteiger partial charge >= 0.3 is 6.18 Å². The minimum absolute atomic E-state index is 0.0774. The van der Waals surface area contributed by atoms with Gasteiger partial charge in [-0.15, -0.1) is 11.3 Å². The van der Waals surface area contributed by atoms with Crippen LogP contribution in [0.25, 0.3) is 21.5 Å². The number of hydrogen-bond acceptors (Lipinski definition) is 5. The van der Waals surface area contributed by atoms with Crippen molar-refractivity contribution >= 4 is 34.0 Å². The second-order valence-electron chi connectivity index (χ2n) is 7.73. The molecule has 1 aliphatic rings. The number of para-hydroxylation sites is 1. The fourth-order valence-corrected chi connectivity index (χ4v) is 4.64. The van der Waals surface area contributed by atoms with E-state index in [-0.39, 0.29) is 5.91 Å². The van der Waals surface area contributed by atoms with Gasteiger partial charge in [0.2, 0.25) is 0 Å². The van der Waals surface area contributed by atoms with E-state index in [1.165, 1.54) is 6.07 Å². The molecule has 0 radical (unpaired) electrons. The summed E-state index contributed by atoms with van der Waals surface area (Å²) in [7, 11) is 0. The van der Waals surface area contributed by atoms with Gasteiger partial charge in [-0.25, -0.2) is 9.97 Å². The molecule has 1 fully saturated rings. The Morgan fingerprint density at radius 1 is 0.970 bits per heavy atom. The van der Waals surface area contributed by atoms with Gasteiger partial charge in [-0.2, -0.15) is 13.2 Å². The highest BCUT2D eigenvalue weighted by atomic mass is 32.1. The van der Waals surface area contributed by atoms with Gasteiger partial charge in [0, 0.05) is 37.8 Å². The number of hydrogen-bond donors (Lipinski definition) is 0. The van der Waals surface area contributed by atoms with Crippen molar-refractivity contribution in [2.45, 2.75) is 6.18 Å². The molecule has 9 heteroatoms. The monoisotopic (exact) mass is 468 g/mol. The van der Waals surface area contributed by atoms with Crippen molar-refractivity contribution in [3.8, 4) is 10.6 Å². The first kappa shape index (κ1) is 21.4. The summed E-state index contributed by atoms with van der Waals surface area (Å²) in [6.45, 7) is 1.88. The normalized spacial score (nSPS) is 14.6. The van der Waals surface area contributed by atoms with Crippen LogP contribution in [0.1, 0.15) is 15.9 Å². The standard InChI is InChI=1S/C24H19F3N4OS/c25-24(26,27)16-7-8-22(28-15-16)30-9-11-31(12-10-30)23(32)18-14-20(21-6-3-13-33-21)29-19-5-2-1-4-17(18)19/h1-8,13-15H,9-12H2. The largest absolute Gasteiger partial charge is 0.417 e. The Kier molecular flexibility index (Phi) is 5.49. The lowest BCUT2D eigenvalue weighted by molar-refractivity contribution is -0.137. The maximum atomic E-state index is 13.5. The van der Waals surface area contributed by atoms with Crippen LogP contribution in [0, 0.1) is 0 Å². The van der Waals surface area contributed by atoms with Crippen molar-refractivity contribution in [3.63, 3.8) is 0 Å². The first-order chi connectivity index (χ1) is 15.9. The maximum absolute atomic E-state index is 13.5. The molecule has 0 atom stereocenters. The molecular weight excluding hydrogens is 449 g/mol. The van der Waals surface area contributed by atoms with E-state index in [0.29, 0.717) is 37.6 Å². The van der Waals surface area contributed by atoms with Crippen molar-refractivity contribution < 1.29 is 18.0 Å². The van der Waals surface area contributed by atoms with Crippen molar-refractivity contribution in [1.29, 1.82) is 0 Å². The number of nitrogens with zero attached hydrogens (tertiary/aromatic N) is 4. The van der Waals surface area contributed by atoms with Crippen LogP contribution in [0.5, 0.6) is 0 Å². The summed E-state index contributed by atoms with van der Waals surface area (Å²) in [5.41, 5.74) is 1.36. The zero-order valence-electron chi connectivity index (χ0n) is 17.4. The summed E-state index contributed by atoms with van der Waals surface area (Å²) in [6, 6.07) is 15.8. The molecule has 1 aliphatic heterocycles. The molecule has 4 heterocycles. The molecule has 0 N–H and O–H groups in total. The third-order valence-corrected chi connectivity index (χ3v) is 6.58. The number of anilines is 1. The number of piperazine rings is 1. The van der Waals surface area contributed by atoms with Crippen molar-refractivity contribution in [2.24, 2.45) is 0 Å². The summed E-state index contributed by atoms with van der Waals surface area (Å²) in [4.78, 5) is 26.8. The number of fused-ring (bicyclic) bond motifs is 1. The highest BCUT2D eigenvalue weighted by Gasteiger charge is 2.31. The number of amides is 1. The van der Waals surface area contributed by atoms with Crippen LogP contribution in [0.15, 0.2) is 66.2 Å². The summed E-state index contributed by atoms with van der Waals surface area (Å²) >= 11 is 1.57. The number of thiophene rings is 1. The second kappa shape index (κ2) is 8.47. The van der Waals surface area contributed by atoms with E-state index in [2.05, 4.69) is 4.98 Å². The van der Waals surface area contributed by atoms with Gasteiger partial charge in [-0.3, -0.25) is 4.79 Å². The number of halogens is 3. The molecule has 0 bridgehead atoms. The number of aromatic nitrogens is 2. The van der Waals surface area contributed by atoms with Crippen LogP contribution in [0.3, 0.4) is 0 Å². The maximum Gasteiger partial charge on any atom is 0.417 e. The molecule has 4 aromatic rings. The van der Waals surface area contributed by atoms with Gasteiger partial charge < -0.3 is 9.80 Å². The Balaban J connectivity index is 1.36. The molecule has 5 rings (SSSR count). The number of benzene rings is 1. The molecule has 0 aliphatic carbocycles. The Bertz CT molecular complexity index is 1280. The van der Waals surface area contributed by atoms with E-state index in [9.17, 15) is 18.0 Å². The number of rotatable bonds is 3. The Morgan fingerprint density at radius 3 is 2.42 bits per heavy atom. The fourth-order valence-electron chi connectivity index (χ4n) is 3.95. The average Bonchev–Trinajstić information content (AvgIpc) is 3.38. The number of carbonyl (C=O) groups excluding carboxylic acids is 1. The van der Waals surface area contributed by atoms with E-state index in [1.54, 1.807) is 16.2 Å². The molecule has 168 valence electrons. The Hall–Kier alpha value is -3.46. The van der Waals surface area contributed by atoms with E-state index >= 15 is 0 Å². The molecule has 1 amide bonds. The van der Waals surface area contributed by atoms with Gasteiger partial charge in [-0.1, -0.05) is 24.3 Å². The molecule has 33 heavy (non-hydrogen) atoms. The molecule has 5 nitrogen and oxygen atoms in total. The van der Waals surface area contributed by atoms with Crippen LogP contribution in [-0.2, 0) is 6.18 Å². The molecular formula is C24H19F3N4OS. The number of carbonyl (C=O) groups is 1. The summed E-state index contributed by atoms with van der Waals surface area (Å²) in [6.07, 6.45) is -3.56. The van der Waals surface area contributed by atoms with Crippen molar-refractivity contribution in [1.82, 2.24) is 14.9 Å². The number of alkyl halides is 3. The highest BCUT2D eigenvalue weighted by Crippen LogP contribution is 2.30. The smallest absolute Gasteiger partial charge is 0.353 e. The van der Waals surface area contributed by atoms with Crippen LogP contribution >= 0.6 is 11.3 Å². The zero-order valence-corrected chi connectivity index (χ0v) is 18.2.